The van der Waals surface area contributed by atoms with Crippen LogP contribution >= 0.6 is 0 Å². The van der Waals surface area contributed by atoms with Gasteiger partial charge in [-0.2, -0.15) is 0 Å². The Morgan fingerprint density at radius 2 is 1.90 bits per heavy atom. The summed E-state index contributed by atoms with van der Waals surface area (Å²) >= 11 is 0. The van der Waals surface area contributed by atoms with Crippen LogP contribution in [0.4, 0.5) is 5.82 Å². The van der Waals surface area contributed by atoms with Crippen molar-refractivity contribution in [1.29, 1.82) is 0 Å². The summed E-state index contributed by atoms with van der Waals surface area (Å²) in [6.07, 6.45) is 0. The Balaban J connectivity index is 1.84. The number of anilines is 1. The molecule has 3 nitrogen and oxygen atoms in total. The lowest BCUT2D eigenvalue weighted by atomic mass is 10.2. The number of aryl methyl sites for hydroxylation is 1. The lowest BCUT2D eigenvalue weighted by Gasteiger charge is -2.06. The van der Waals surface area contributed by atoms with Crippen LogP contribution in [0, 0.1) is 6.92 Å². The molecule has 3 aromatic rings. The van der Waals surface area contributed by atoms with Gasteiger partial charge in [0.05, 0.1) is 0 Å². The van der Waals surface area contributed by atoms with Crippen LogP contribution in [0.5, 0.6) is 5.75 Å². The average Bonchev–Trinajstić information content (AvgIpc) is 2.82. The molecule has 102 valence electrons. The topological polar surface area (TPSA) is 37.0 Å². The molecule has 1 heterocycles. The average molecular weight is 266 g/mol. The molecule has 0 unspecified atom stereocenters. The van der Waals surface area contributed by atoms with Crippen molar-refractivity contribution in [3.05, 3.63) is 59.7 Å². The molecule has 1 aromatic heterocycles. The molecule has 0 saturated carbocycles. The van der Waals surface area contributed by atoms with E-state index < -0.39 is 0 Å². The molecule has 0 atom stereocenters. The van der Waals surface area contributed by atoms with Gasteiger partial charge >= 0.3 is 0 Å². The van der Waals surface area contributed by atoms with Crippen molar-refractivity contribution in [2.75, 3.05) is 12.4 Å². The molecule has 0 spiro atoms. The zero-order chi connectivity index (χ0) is 13.9. The van der Waals surface area contributed by atoms with Gasteiger partial charge in [0.1, 0.15) is 18.2 Å². The lowest BCUT2D eigenvalue weighted by molar-refractivity contribution is 0.306. The monoisotopic (exact) mass is 266 g/mol. The Morgan fingerprint density at radius 1 is 1.10 bits per heavy atom. The third-order valence-electron chi connectivity index (χ3n) is 3.53. The van der Waals surface area contributed by atoms with Gasteiger partial charge in [-0.25, -0.2) is 0 Å². The van der Waals surface area contributed by atoms with Gasteiger partial charge in [0.25, 0.3) is 0 Å². The van der Waals surface area contributed by atoms with Gasteiger partial charge in [-0.3, -0.25) is 0 Å². The molecule has 2 aromatic carbocycles. The first-order valence-corrected chi connectivity index (χ1v) is 6.75. The number of aromatic nitrogens is 1. The second-order valence-electron chi connectivity index (χ2n) is 4.86. The molecule has 0 saturated heterocycles. The Hall–Kier alpha value is -2.42. The molecule has 3 heteroatoms. The van der Waals surface area contributed by atoms with E-state index in [9.17, 15) is 0 Å². The van der Waals surface area contributed by atoms with Gasteiger partial charge < -0.3 is 15.0 Å². The predicted molar refractivity (Wildman–Crippen MR) is 83.4 cm³/mol. The highest BCUT2D eigenvalue weighted by Crippen LogP contribution is 2.28. The zero-order valence-corrected chi connectivity index (χ0v) is 11.7. The maximum Gasteiger partial charge on any atom is 0.120 e. The number of H-pyrrole nitrogens is 1. The molecule has 20 heavy (non-hydrogen) atoms. The highest BCUT2D eigenvalue weighted by atomic mass is 16.5. The largest absolute Gasteiger partial charge is 0.489 e. The first-order valence-electron chi connectivity index (χ1n) is 6.75. The molecule has 0 aliphatic rings. The number of rotatable bonds is 4. The number of nitrogens with one attached hydrogen (secondary N) is 2. The van der Waals surface area contributed by atoms with E-state index in [2.05, 4.69) is 41.5 Å². The van der Waals surface area contributed by atoms with E-state index in [0.717, 1.165) is 17.1 Å². The SMILES string of the molecule is CNc1[nH]c2ccc(OCc3ccccc3)cc2c1C. The van der Waals surface area contributed by atoms with Crippen molar-refractivity contribution in [3.8, 4) is 5.75 Å². The fourth-order valence-electron chi connectivity index (χ4n) is 2.39. The highest BCUT2D eigenvalue weighted by molar-refractivity contribution is 5.89. The minimum absolute atomic E-state index is 0.592. The summed E-state index contributed by atoms with van der Waals surface area (Å²) < 4.78 is 5.86. The van der Waals surface area contributed by atoms with Crippen LogP contribution in [0.3, 0.4) is 0 Å². The van der Waals surface area contributed by atoms with Gasteiger partial charge in [0.15, 0.2) is 0 Å². The van der Waals surface area contributed by atoms with E-state index in [0.29, 0.717) is 6.61 Å². The minimum Gasteiger partial charge on any atom is -0.489 e. The smallest absolute Gasteiger partial charge is 0.120 e. The van der Waals surface area contributed by atoms with Crippen LogP contribution in [0.2, 0.25) is 0 Å². The van der Waals surface area contributed by atoms with Crippen LogP contribution in [0.25, 0.3) is 10.9 Å². The molecule has 3 rings (SSSR count). The molecular weight excluding hydrogens is 248 g/mol. The number of hydrogen-bond donors (Lipinski definition) is 2. The third kappa shape index (κ3) is 2.35. The molecular formula is C17H18N2O. The fraction of sp³-hybridized carbons (Fsp3) is 0.176. The van der Waals surface area contributed by atoms with Crippen molar-refractivity contribution in [3.63, 3.8) is 0 Å². The fourth-order valence-corrected chi connectivity index (χ4v) is 2.39. The molecule has 0 fully saturated rings. The standard InChI is InChI=1S/C17H18N2O/c1-12-15-10-14(8-9-16(15)19-17(12)18-2)20-11-13-6-4-3-5-7-13/h3-10,18-19H,11H2,1-2H3. The van der Waals surface area contributed by atoms with Gasteiger partial charge in [0, 0.05) is 18.0 Å². The second kappa shape index (κ2) is 5.29. The van der Waals surface area contributed by atoms with Gasteiger partial charge in [0.2, 0.25) is 0 Å². The summed E-state index contributed by atoms with van der Waals surface area (Å²) in [4.78, 5) is 3.35. The summed E-state index contributed by atoms with van der Waals surface area (Å²) in [5.41, 5.74) is 3.51. The van der Waals surface area contributed by atoms with Crippen LogP contribution in [-0.2, 0) is 6.61 Å². The maximum absolute atomic E-state index is 5.86. The highest BCUT2D eigenvalue weighted by Gasteiger charge is 2.07. The summed E-state index contributed by atoms with van der Waals surface area (Å²) in [5, 5.41) is 4.36. The van der Waals surface area contributed by atoms with Crippen molar-refractivity contribution >= 4 is 16.7 Å². The summed E-state index contributed by atoms with van der Waals surface area (Å²) in [6.45, 7) is 2.69. The van der Waals surface area contributed by atoms with E-state index in [1.54, 1.807) is 0 Å². The number of ether oxygens (including phenoxy) is 1. The third-order valence-corrected chi connectivity index (χ3v) is 3.53. The van der Waals surface area contributed by atoms with E-state index in [1.165, 1.54) is 16.5 Å². The summed E-state index contributed by atoms with van der Waals surface area (Å²) in [5.74, 6) is 1.95. The normalized spacial score (nSPS) is 10.7. The predicted octanol–water partition coefficient (Wildman–Crippen LogP) is 4.10. The minimum atomic E-state index is 0.592. The molecule has 0 bridgehead atoms. The molecule has 0 aliphatic heterocycles. The first kappa shape index (κ1) is 12.6. The Morgan fingerprint density at radius 3 is 2.65 bits per heavy atom. The van der Waals surface area contributed by atoms with Gasteiger partial charge in [-0.1, -0.05) is 30.3 Å². The zero-order valence-electron chi connectivity index (χ0n) is 11.7. The second-order valence-corrected chi connectivity index (χ2v) is 4.86. The number of aromatic amines is 1. The van der Waals surface area contributed by atoms with Crippen molar-refractivity contribution < 1.29 is 4.74 Å². The summed E-state index contributed by atoms with van der Waals surface area (Å²) in [7, 11) is 1.92. The van der Waals surface area contributed by atoms with Crippen molar-refractivity contribution in [2.45, 2.75) is 13.5 Å². The number of hydrogen-bond acceptors (Lipinski definition) is 2. The quantitative estimate of drug-likeness (QED) is 0.746. The van der Waals surface area contributed by atoms with E-state index in [4.69, 9.17) is 4.74 Å². The van der Waals surface area contributed by atoms with Gasteiger partial charge in [-0.05, 0) is 36.2 Å². The van der Waals surface area contributed by atoms with Crippen LogP contribution in [0.15, 0.2) is 48.5 Å². The van der Waals surface area contributed by atoms with E-state index >= 15 is 0 Å². The lowest BCUT2D eigenvalue weighted by Crippen LogP contribution is -1.94. The first-order chi connectivity index (χ1) is 9.78. The number of benzene rings is 2. The maximum atomic E-state index is 5.86. The van der Waals surface area contributed by atoms with Crippen molar-refractivity contribution in [1.82, 2.24) is 4.98 Å². The number of fused-ring (bicyclic) bond motifs is 1. The van der Waals surface area contributed by atoms with E-state index in [1.807, 2.05) is 31.3 Å². The molecule has 0 amide bonds. The Bertz CT molecular complexity index is 716. The molecule has 2 N–H and O–H groups in total. The van der Waals surface area contributed by atoms with Crippen LogP contribution in [0.1, 0.15) is 11.1 Å². The Kier molecular flexibility index (Phi) is 3.33. The molecule has 0 radical (unpaired) electrons. The summed E-state index contributed by atoms with van der Waals surface area (Å²) in [6, 6.07) is 16.3. The van der Waals surface area contributed by atoms with E-state index in [-0.39, 0.29) is 0 Å². The van der Waals surface area contributed by atoms with Gasteiger partial charge in [-0.15, -0.1) is 0 Å². The van der Waals surface area contributed by atoms with Crippen molar-refractivity contribution in [2.24, 2.45) is 0 Å². The molecule has 0 aliphatic carbocycles. The van der Waals surface area contributed by atoms with Crippen LogP contribution < -0.4 is 10.1 Å². The van der Waals surface area contributed by atoms with Crippen LogP contribution in [-0.4, -0.2) is 12.0 Å². The Labute approximate surface area is 118 Å².